The van der Waals surface area contributed by atoms with Crippen molar-refractivity contribution in [1.82, 2.24) is 15.6 Å². The Bertz CT molecular complexity index is 699. The van der Waals surface area contributed by atoms with E-state index >= 15 is 0 Å². The molecular weight excluding hydrogens is 360 g/mol. The molecule has 0 radical (unpaired) electrons. The van der Waals surface area contributed by atoms with Crippen LogP contribution in [0.25, 0.3) is 0 Å². The van der Waals surface area contributed by atoms with Crippen molar-refractivity contribution in [3.8, 4) is 5.75 Å². The van der Waals surface area contributed by atoms with Gasteiger partial charge in [-0.05, 0) is 52.9 Å². The molecule has 0 fully saturated rings. The highest BCUT2D eigenvalue weighted by Crippen LogP contribution is 2.30. The minimum absolute atomic E-state index is 0.175. The third-order valence-corrected chi connectivity index (χ3v) is 4.50. The summed E-state index contributed by atoms with van der Waals surface area (Å²) < 4.78 is 6.67. The standard InChI is InChI=1S/C16H21BrN4O2/c1-4-9(2)11-5-6-14(12(17)7-11)23-8-13-15(16(22)19-18)10(3)20-21-13/h5-7,9H,4,8,18H2,1-3H3,(H,19,22)(H,20,21). The molecule has 0 spiro atoms. The van der Waals surface area contributed by atoms with Crippen LogP contribution in [-0.4, -0.2) is 16.1 Å². The minimum atomic E-state index is -0.388. The maximum Gasteiger partial charge on any atom is 0.269 e. The van der Waals surface area contributed by atoms with Crippen molar-refractivity contribution in [3.63, 3.8) is 0 Å². The predicted molar refractivity (Wildman–Crippen MR) is 92.2 cm³/mol. The van der Waals surface area contributed by atoms with Crippen LogP contribution in [0, 0.1) is 6.92 Å². The average Bonchev–Trinajstić information content (AvgIpc) is 2.92. The van der Waals surface area contributed by atoms with Crippen LogP contribution in [0.1, 0.15) is 53.5 Å². The Morgan fingerprint density at radius 1 is 1.52 bits per heavy atom. The molecular formula is C16H21BrN4O2. The van der Waals surface area contributed by atoms with E-state index in [0.29, 0.717) is 28.6 Å². The molecule has 124 valence electrons. The zero-order valence-electron chi connectivity index (χ0n) is 13.4. The Morgan fingerprint density at radius 2 is 2.26 bits per heavy atom. The molecule has 7 heteroatoms. The molecule has 4 N–H and O–H groups in total. The van der Waals surface area contributed by atoms with E-state index in [1.165, 1.54) is 5.56 Å². The lowest BCUT2D eigenvalue weighted by Gasteiger charge is -2.13. The van der Waals surface area contributed by atoms with E-state index in [2.05, 4.69) is 57.5 Å². The molecule has 1 atom stereocenters. The number of benzene rings is 1. The second-order valence-electron chi connectivity index (χ2n) is 5.43. The summed E-state index contributed by atoms with van der Waals surface area (Å²) in [6.45, 7) is 6.28. The highest BCUT2D eigenvalue weighted by Gasteiger charge is 2.18. The first kappa shape index (κ1) is 17.5. The molecule has 0 saturated carbocycles. The van der Waals surface area contributed by atoms with E-state index in [4.69, 9.17) is 10.6 Å². The van der Waals surface area contributed by atoms with Gasteiger partial charge < -0.3 is 4.74 Å². The Labute approximate surface area is 143 Å². The smallest absolute Gasteiger partial charge is 0.269 e. The van der Waals surface area contributed by atoms with Gasteiger partial charge in [0.1, 0.15) is 18.1 Å². The summed E-state index contributed by atoms with van der Waals surface area (Å²) in [5, 5.41) is 6.88. The Hall–Kier alpha value is -1.86. The van der Waals surface area contributed by atoms with Crippen molar-refractivity contribution in [2.24, 2.45) is 5.84 Å². The molecule has 1 aromatic heterocycles. The number of nitrogen functional groups attached to an aromatic ring is 1. The van der Waals surface area contributed by atoms with Crippen LogP contribution < -0.4 is 16.0 Å². The second kappa shape index (κ2) is 7.61. The SMILES string of the molecule is CCC(C)c1ccc(OCc2n[nH]c(C)c2C(=O)NN)c(Br)c1. The average molecular weight is 381 g/mol. The lowest BCUT2D eigenvalue weighted by molar-refractivity contribution is 0.0950. The Morgan fingerprint density at radius 3 is 2.87 bits per heavy atom. The number of ether oxygens (including phenoxy) is 1. The molecule has 6 nitrogen and oxygen atoms in total. The number of H-pyrrole nitrogens is 1. The topological polar surface area (TPSA) is 93.0 Å². The molecule has 0 aliphatic heterocycles. The zero-order valence-corrected chi connectivity index (χ0v) is 15.0. The molecule has 1 unspecified atom stereocenters. The van der Waals surface area contributed by atoms with E-state index < -0.39 is 0 Å². The summed E-state index contributed by atoms with van der Waals surface area (Å²) in [5.41, 5.74) is 4.96. The maximum absolute atomic E-state index is 11.8. The van der Waals surface area contributed by atoms with Crippen molar-refractivity contribution in [1.29, 1.82) is 0 Å². The molecule has 1 amide bonds. The quantitative estimate of drug-likeness (QED) is 0.407. The van der Waals surface area contributed by atoms with Crippen molar-refractivity contribution >= 4 is 21.8 Å². The van der Waals surface area contributed by atoms with Crippen molar-refractivity contribution in [2.75, 3.05) is 0 Å². The Balaban J connectivity index is 2.14. The van der Waals surface area contributed by atoms with Crippen LogP contribution in [0.4, 0.5) is 0 Å². The number of aromatic amines is 1. The number of nitrogens with zero attached hydrogens (tertiary/aromatic N) is 1. The molecule has 1 heterocycles. The van der Waals surface area contributed by atoms with Gasteiger partial charge in [-0.1, -0.05) is 19.9 Å². The summed E-state index contributed by atoms with van der Waals surface area (Å²) in [4.78, 5) is 11.8. The highest BCUT2D eigenvalue weighted by molar-refractivity contribution is 9.10. The predicted octanol–water partition coefficient (Wildman–Crippen LogP) is 3.18. The fourth-order valence-electron chi connectivity index (χ4n) is 2.28. The number of hydrogen-bond acceptors (Lipinski definition) is 4. The molecule has 0 aliphatic rings. The van der Waals surface area contributed by atoms with Gasteiger partial charge in [0.2, 0.25) is 0 Å². The fourth-order valence-corrected chi connectivity index (χ4v) is 2.79. The molecule has 0 saturated heterocycles. The van der Waals surface area contributed by atoms with Crippen molar-refractivity contribution in [3.05, 3.63) is 45.2 Å². The number of hydrogen-bond donors (Lipinski definition) is 3. The normalized spacial score (nSPS) is 12.0. The molecule has 1 aromatic carbocycles. The fraction of sp³-hybridized carbons (Fsp3) is 0.375. The summed E-state index contributed by atoms with van der Waals surface area (Å²) in [6, 6.07) is 6.04. The van der Waals surface area contributed by atoms with Crippen LogP contribution in [0.15, 0.2) is 22.7 Å². The van der Waals surface area contributed by atoms with Crippen LogP contribution in [-0.2, 0) is 6.61 Å². The third-order valence-electron chi connectivity index (χ3n) is 3.88. The van der Waals surface area contributed by atoms with Crippen LogP contribution >= 0.6 is 15.9 Å². The van der Waals surface area contributed by atoms with Crippen molar-refractivity contribution < 1.29 is 9.53 Å². The number of hydrazine groups is 1. The highest BCUT2D eigenvalue weighted by atomic mass is 79.9. The monoisotopic (exact) mass is 380 g/mol. The van der Waals surface area contributed by atoms with Gasteiger partial charge in [0, 0.05) is 5.69 Å². The third kappa shape index (κ3) is 3.92. The van der Waals surface area contributed by atoms with Gasteiger partial charge in [0.25, 0.3) is 5.91 Å². The molecule has 0 aliphatic carbocycles. The largest absolute Gasteiger partial charge is 0.486 e. The number of carbonyl (C=O) groups is 1. The van der Waals surface area contributed by atoms with Gasteiger partial charge in [-0.3, -0.25) is 15.3 Å². The van der Waals surface area contributed by atoms with Crippen LogP contribution in [0.2, 0.25) is 0 Å². The van der Waals surface area contributed by atoms with E-state index in [0.717, 1.165) is 10.9 Å². The van der Waals surface area contributed by atoms with Crippen LogP contribution in [0.5, 0.6) is 5.75 Å². The van der Waals surface area contributed by atoms with Crippen LogP contribution in [0.3, 0.4) is 0 Å². The number of rotatable bonds is 6. The lowest BCUT2D eigenvalue weighted by atomic mass is 9.99. The number of nitrogens with one attached hydrogen (secondary N) is 2. The first-order valence-corrected chi connectivity index (χ1v) is 8.24. The van der Waals surface area contributed by atoms with E-state index in [9.17, 15) is 4.79 Å². The van der Waals surface area contributed by atoms with Gasteiger partial charge >= 0.3 is 0 Å². The number of halogens is 1. The van der Waals surface area contributed by atoms with E-state index in [1.807, 2.05) is 6.07 Å². The number of amides is 1. The van der Waals surface area contributed by atoms with Gasteiger partial charge in [0.05, 0.1) is 10.0 Å². The summed E-state index contributed by atoms with van der Waals surface area (Å²) in [7, 11) is 0. The van der Waals surface area contributed by atoms with E-state index in [1.54, 1.807) is 6.92 Å². The first-order valence-electron chi connectivity index (χ1n) is 7.44. The zero-order chi connectivity index (χ0) is 17.0. The second-order valence-corrected chi connectivity index (χ2v) is 6.29. The summed E-state index contributed by atoms with van der Waals surface area (Å²) >= 11 is 3.53. The maximum atomic E-state index is 11.8. The molecule has 23 heavy (non-hydrogen) atoms. The number of carbonyl (C=O) groups excluding carboxylic acids is 1. The van der Waals surface area contributed by atoms with Gasteiger partial charge in [-0.15, -0.1) is 0 Å². The number of aryl methyl sites for hydroxylation is 1. The first-order chi connectivity index (χ1) is 11.0. The molecule has 2 rings (SSSR count). The van der Waals surface area contributed by atoms with Gasteiger partial charge in [0.15, 0.2) is 0 Å². The van der Waals surface area contributed by atoms with Gasteiger partial charge in [-0.2, -0.15) is 5.10 Å². The van der Waals surface area contributed by atoms with E-state index in [-0.39, 0.29) is 12.5 Å². The Kier molecular flexibility index (Phi) is 5.79. The minimum Gasteiger partial charge on any atom is -0.486 e. The number of aromatic nitrogens is 2. The van der Waals surface area contributed by atoms with Gasteiger partial charge in [-0.25, -0.2) is 5.84 Å². The molecule has 0 bridgehead atoms. The lowest BCUT2D eigenvalue weighted by Crippen LogP contribution is -2.31. The molecule has 2 aromatic rings. The number of nitrogens with two attached hydrogens (primary N) is 1. The van der Waals surface area contributed by atoms with Crippen molar-refractivity contribution in [2.45, 2.75) is 39.7 Å². The summed E-state index contributed by atoms with van der Waals surface area (Å²) in [6.07, 6.45) is 1.08. The summed E-state index contributed by atoms with van der Waals surface area (Å²) in [5.74, 6) is 6.01.